The van der Waals surface area contributed by atoms with E-state index in [2.05, 4.69) is 16.0 Å². The number of thioether (sulfide) groups is 1. The van der Waals surface area contributed by atoms with Gasteiger partial charge in [-0.3, -0.25) is 14.4 Å². The first-order valence-electron chi connectivity index (χ1n) is 12.5. The molecular formula is C31H22Cl2F3N3O3S. The Morgan fingerprint density at radius 3 is 2.14 bits per heavy atom. The van der Waals surface area contributed by atoms with Gasteiger partial charge in [0.2, 0.25) is 5.91 Å². The number of hydrogen-bond acceptors (Lipinski definition) is 4. The maximum absolute atomic E-state index is 13.4. The third-order valence-corrected chi connectivity index (χ3v) is 7.44. The Morgan fingerprint density at radius 2 is 1.44 bits per heavy atom. The highest BCUT2D eigenvalue weighted by Crippen LogP contribution is 2.35. The Labute approximate surface area is 259 Å². The molecule has 0 radical (unpaired) electrons. The van der Waals surface area contributed by atoms with E-state index < -0.39 is 29.5 Å². The molecule has 0 aliphatic heterocycles. The first-order valence-corrected chi connectivity index (χ1v) is 14.3. The number of carbonyl (C=O) groups is 3. The van der Waals surface area contributed by atoms with Crippen LogP contribution in [0.25, 0.3) is 6.08 Å². The lowest BCUT2D eigenvalue weighted by atomic mass is 10.1. The van der Waals surface area contributed by atoms with Crippen LogP contribution in [-0.4, -0.2) is 23.5 Å². The number of amides is 3. The lowest BCUT2D eigenvalue weighted by molar-refractivity contribution is -0.137. The van der Waals surface area contributed by atoms with Gasteiger partial charge in [0, 0.05) is 31.8 Å². The summed E-state index contributed by atoms with van der Waals surface area (Å²) >= 11 is 13.6. The van der Waals surface area contributed by atoms with Crippen molar-refractivity contribution in [3.8, 4) is 0 Å². The lowest BCUT2D eigenvalue weighted by Crippen LogP contribution is -2.30. The van der Waals surface area contributed by atoms with Crippen LogP contribution in [0.2, 0.25) is 10.0 Å². The quantitative estimate of drug-likeness (QED) is 0.127. The Kier molecular flexibility index (Phi) is 10.5. The fraction of sp³-hybridized carbons (Fsp3) is 0.0645. The third kappa shape index (κ3) is 8.87. The van der Waals surface area contributed by atoms with E-state index in [1.165, 1.54) is 24.3 Å². The number of nitrogens with one attached hydrogen (secondary N) is 3. The number of carbonyl (C=O) groups excluding carboxylic acids is 3. The zero-order valence-electron chi connectivity index (χ0n) is 22.0. The SMILES string of the molecule is O=C(CSc1cccc(NC(=O)/C(=C\c2c(Cl)cccc2Cl)NC(=O)c2ccccc2)c1)Nc1ccccc1C(F)(F)F. The highest BCUT2D eigenvalue weighted by molar-refractivity contribution is 8.00. The van der Waals surface area contributed by atoms with Crippen LogP contribution in [-0.2, 0) is 15.8 Å². The number of alkyl halides is 3. The van der Waals surface area contributed by atoms with Gasteiger partial charge in [0.05, 0.1) is 17.0 Å². The molecule has 4 aromatic carbocycles. The predicted octanol–water partition coefficient (Wildman–Crippen LogP) is 8.15. The average Bonchev–Trinajstić information content (AvgIpc) is 2.97. The molecule has 6 nitrogen and oxygen atoms in total. The second kappa shape index (κ2) is 14.3. The van der Waals surface area contributed by atoms with Crippen LogP contribution in [0.3, 0.4) is 0 Å². The van der Waals surface area contributed by atoms with Crippen LogP contribution in [0, 0.1) is 0 Å². The van der Waals surface area contributed by atoms with Gasteiger partial charge in [0.15, 0.2) is 0 Å². The molecular weight excluding hydrogens is 622 g/mol. The summed E-state index contributed by atoms with van der Waals surface area (Å²) in [5.41, 5.74) is -0.434. The molecule has 3 amide bonds. The van der Waals surface area contributed by atoms with Gasteiger partial charge in [-0.15, -0.1) is 11.8 Å². The van der Waals surface area contributed by atoms with Gasteiger partial charge in [0.25, 0.3) is 11.8 Å². The van der Waals surface area contributed by atoms with Crippen molar-refractivity contribution in [1.82, 2.24) is 5.32 Å². The molecule has 0 aliphatic carbocycles. The summed E-state index contributed by atoms with van der Waals surface area (Å²) in [6.45, 7) is 0. The molecule has 0 unspecified atom stereocenters. The van der Waals surface area contributed by atoms with Crippen LogP contribution in [0.15, 0.2) is 108 Å². The Balaban J connectivity index is 1.48. The lowest BCUT2D eigenvalue weighted by Gasteiger charge is -2.14. The van der Waals surface area contributed by atoms with Gasteiger partial charge in [-0.25, -0.2) is 0 Å². The summed E-state index contributed by atoms with van der Waals surface area (Å²) < 4.78 is 39.7. The third-order valence-electron chi connectivity index (χ3n) is 5.79. The second-order valence-corrected chi connectivity index (χ2v) is 10.7. The van der Waals surface area contributed by atoms with Crippen LogP contribution >= 0.6 is 35.0 Å². The summed E-state index contributed by atoms with van der Waals surface area (Å²) in [6.07, 6.45) is -3.25. The van der Waals surface area contributed by atoms with E-state index in [-0.39, 0.29) is 27.2 Å². The van der Waals surface area contributed by atoms with Crippen LogP contribution in [0.1, 0.15) is 21.5 Å². The summed E-state index contributed by atoms with van der Waals surface area (Å²) in [6, 6.07) is 24.3. The van der Waals surface area contributed by atoms with E-state index in [1.54, 1.807) is 72.8 Å². The molecule has 220 valence electrons. The molecule has 4 aromatic rings. The van der Waals surface area contributed by atoms with E-state index >= 15 is 0 Å². The van der Waals surface area contributed by atoms with Crippen molar-refractivity contribution in [2.45, 2.75) is 11.1 Å². The number of rotatable bonds is 9. The van der Waals surface area contributed by atoms with E-state index in [9.17, 15) is 27.6 Å². The van der Waals surface area contributed by atoms with Crippen LogP contribution in [0.5, 0.6) is 0 Å². The van der Waals surface area contributed by atoms with E-state index in [1.807, 2.05) is 0 Å². The maximum Gasteiger partial charge on any atom is 0.418 e. The summed E-state index contributed by atoms with van der Waals surface area (Å²) in [7, 11) is 0. The smallest absolute Gasteiger partial charge is 0.325 e. The van der Waals surface area contributed by atoms with Crippen LogP contribution < -0.4 is 16.0 Å². The zero-order chi connectivity index (χ0) is 31.0. The highest BCUT2D eigenvalue weighted by atomic mass is 35.5. The summed E-state index contributed by atoms with van der Waals surface area (Å²) in [5, 5.41) is 8.13. The van der Waals surface area contributed by atoms with Gasteiger partial charge in [-0.05, 0) is 60.7 Å². The van der Waals surface area contributed by atoms with Gasteiger partial charge in [-0.1, -0.05) is 65.7 Å². The minimum atomic E-state index is -4.62. The maximum atomic E-state index is 13.4. The molecule has 0 bridgehead atoms. The second-order valence-electron chi connectivity index (χ2n) is 8.88. The minimum absolute atomic E-state index is 0.135. The fourth-order valence-corrected chi connectivity index (χ4v) is 5.03. The molecule has 0 spiro atoms. The Hall–Kier alpha value is -4.25. The zero-order valence-corrected chi connectivity index (χ0v) is 24.4. The number of benzene rings is 4. The molecule has 0 aromatic heterocycles. The Morgan fingerprint density at radius 1 is 0.791 bits per heavy atom. The normalized spacial score (nSPS) is 11.5. The Bertz CT molecular complexity index is 1660. The van der Waals surface area contributed by atoms with Crippen molar-refractivity contribution in [2.24, 2.45) is 0 Å². The van der Waals surface area contributed by atoms with Crippen molar-refractivity contribution in [3.63, 3.8) is 0 Å². The molecule has 0 saturated carbocycles. The molecule has 0 fully saturated rings. The number of para-hydroxylation sites is 1. The minimum Gasteiger partial charge on any atom is -0.325 e. The molecule has 0 heterocycles. The monoisotopic (exact) mass is 643 g/mol. The molecule has 0 saturated heterocycles. The first kappa shape index (κ1) is 31.7. The van der Waals surface area contributed by atoms with Crippen molar-refractivity contribution in [3.05, 3.63) is 129 Å². The summed E-state index contributed by atoms with van der Waals surface area (Å²) in [4.78, 5) is 39.2. The van der Waals surface area contributed by atoms with Crippen molar-refractivity contribution >= 4 is 70.1 Å². The van der Waals surface area contributed by atoms with Gasteiger partial charge < -0.3 is 16.0 Å². The largest absolute Gasteiger partial charge is 0.418 e. The topological polar surface area (TPSA) is 87.3 Å². The molecule has 3 N–H and O–H groups in total. The standard InChI is InChI=1S/C31H22Cl2F3N3O3S/c32-24-13-7-14-25(33)22(24)17-27(39-29(41)19-8-2-1-3-9-19)30(42)37-20-10-6-11-21(16-20)43-18-28(40)38-26-15-5-4-12-23(26)31(34,35)36/h1-17H,18H2,(H,37,42)(H,38,40)(H,39,41)/b27-17+. The number of halogens is 5. The van der Waals surface area contributed by atoms with Crippen molar-refractivity contribution in [2.75, 3.05) is 16.4 Å². The molecule has 0 atom stereocenters. The molecule has 0 aliphatic rings. The van der Waals surface area contributed by atoms with E-state index in [4.69, 9.17) is 23.2 Å². The van der Waals surface area contributed by atoms with Crippen molar-refractivity contribution < 1.29 is 27.6 Å². The van der Waals surface area contributed by atoms with Gasteiger partial charge in [-0.2, -0.15) is 13.2 Å². The average molecular weight is 645 g/mol. The van der Waals surface area contributed by atoms with Crippen LogP contribution in [0.4, 0.5) is 24.5 Å². The molecule has 12 heteroatoms. The highest BCUT2D eigenvalue weighted by Gasteiger charge is 2.33. The van der Waals surface area contributed by atoms with Gasteiger partial charge >= 0.3 is 6.18 Å². The fourth-order valence-electron chi connectivity index (χ4n) is 3.77. The number of anilines is 2. The molecule has 43 heavy (non-hydrogen) atoms. The molecule has 4 rings (SSSR count). The van der Waals surface area contributed by atoms with Gasteiger partial charge in [0.1, 0.15) is 5.70 Å². The predicted molar refractivity (Wildman–Crippen MR) is 164 cm³/mol. The van der Waals surface area contributed by atoms with Crippen molar-refractivity contribution in [1.29, 1.82) is 0 Å². The summed E-state index contributed by atoms with van der Waals surface area (Å²) in [5.74, 6) is -2.04. The van der Waals surface area contributed by atoms with E-state index in [0.29, 0.717) is 21.7 Å². The van der Waals surface area contributed by atoms with E-state index in [0.717, 1.165) is 17.8 Å². The first-order chi connectivity index (χ1) is 20.5. The number of hydrogen-bond donors (Lipinski definition) is 3.